The summed E-state index contributed by atoms with van der Waals surface area (Å²) in [6, 6.07) is -1.08. The van der Waals surface area contributed by atoms with Gasteiger partial charge in [0.15, 0.2) is 5.60 Å². The van der Waals surface area contributed by atoms with Crippen LogP contribution in [0, 0.1) is 0 Å². The maximum absolute atomic E-state index is 11.7. The zero-order chi connectivity index (χ0) is 12.1. The van der Waals surface area contributed by atoms with Gasteiger partial charge in [-0.3, -0.25) is 4.79 Å². The van der Waals surface area contributed by atoms with Gasteiger partial charge in [-0.2, -0.15) is 0 Å². The molecule has 2 aliphatic rings. The van der Waals surface area contributed by atoms with E-state index in [0.717, 1.165) is 0 Å². The van der Waals surface area contributed by atoms with Crippen LogP contribution in [0.2, 0.25) is 0 Å². The van der Waals surface area contributed by atoms with Crippen molar-refractivity contribution < 1.29 is 24.5 Å². The lowest BCUT2D eigenvalue weighted by atomic mass is 9.79. The molecule has 0 aromatic carbocycles. The molecule has 16 heavy (non-hydrogen) atoms. The molecule has 2 fully saturated rings. The summed E-state index contributed by atoms with van der Waals surface area (Å²) in [5.41, 5.74) is -1.72. The number of amides is 1. The van der Waals surface area contributed by atoms with Gasteiger partial charge >= 0.3 is 5.97 Å². The number of carbonyl (C=O) groups excluding carboxylic acids is 2. The van der Waals surface area contributed by atoms with E-state index >= 15 is 0 Å². The minimum atomic E-state index is -1.72. The van der Waals surface area contributed by atoms with Crippen molar-refractivity contribution in [1.82, 2.24) is 4.90 Å². The number of aliphatic hydroxyl groups excluding tert-OH is 1. The number of hydrogen-bond acceptors (Lipinski definition) is 5. The van der Waals surface area contributed by atoms with Crippen LogP contribution in [0.1, 0.15) is 19.8 Å². The van der Waals surface area contributed by atoms with Gasteiger partial charge in [0.2, 0.25) is 0 Å². The van der Waals surface area contributed by atoms with Crippen molar-refractivity contribution in [3.05, 3.63) is 0 Å². The van der Waals surface area contributed by atoms with Crippen LogP contribution in [-0.2, 0) is 14.3 Å². The zero-order valence-corrected chi connectivity index (χ0v) is 9.21. The second-order valence-corrected chi connectivity index (χ2v) is 4.35. The van der Waals surface area contributed by atoms with Gasteiger partial charge in [0.05, 0.1) is 19.3 Å². The first-order valence-corrected chi connectivity index (χ1v) is 5.25. The van der Waals surface area contributed by atoms with Crippen molar-refractivity contribution in [2.75, 3.05) is 7.11 Å². The quantitative estimate of drug-likeness (QED) is 0.451. The van der Waals surface area contributed by atoms with Gasteiger partial charge in [-0.15, -0.1) is 0 Å². The predicted molar refractivity (Wildman–Crippen MR) is 52.3 cm³/mol. The molecule has 0 saturated carbocycles. The minimum absolute atomic E-state index is 0.468. The van der Waals surface area contributed by atoms with Crippen LogP contribution >= 0.6 is 0 Å². The molecule has 0 spiro atoms. The second-order valence-electron chi connectivity index (χ2n) is 4.35. The first-order valence-electron chi connectivity index (χ1n) is 5.25. The van der Waals surface area contributed by atoms with E-state index in [0.29, 0.717) is 12.8 Å². The van der Waals surface area contributed by atoms with Gasteiger partial charge in [-0.05, 0) is 19.8 Å². The Morgan fingerprint density at radius 1 is 1.62 bits per heavy atom. The SMILES string of the molecule is COC(=O)[C@@H]1CC[C@H]2N1C(=O)[C@@]2(O)C(C)O. The Hall–Kier alpha value is -1.14. The van der Waals surface area contributed by atoms with Crippen molar-refractivity contribution in [2.45, 2.75) is 43.6 Å². The van der Waals surface area contributed by atoms with Gasteiger partial charge < -0.3 is 19.8 Å². The fourth-order valence-electron chi connectivity index (χ4n) is 2.63. The van der Waals surface area contributed by atoms with E-state index < -0.39 is 35.7 Å². The van der Waals surface area contributed by atoms with Crippen molar-refractivity contribution in [3.8, 4) is 0 Å². The van der Waals surface area contributed by atoms with E-state index in [1.165, 1.54) is 18.9 Å². The molecular weight excluding hydrogens is 214 g/mol. The molecule has 0 radical (unpaired) electrons. The summed E-state index contributed by atoms with van der Waals surface area (Å²) in [5.74, 6) is -1.05. The molecule has 1 amide bonds. The fraction of sp³-hybridized carbons (Fsp3) is 0.800. The highest BCUT2D eigenvalue weighted by molar-refractivity contribution is 5.97. The summed E-state index contributed by atoms with van der Waals surface area (Å²) in [4.78, 5) is 24.4. The molecule has 0 aromatic rings. The first kappa shape index (κ1) is 11.3. The molecule has 6 nitrogen and oxygen atoms in total. The van der Waals surface area contributed by atoms with Crippen LogP contribution in [0.25, 0.3) is 0 Å². The maximum Gasteiger partial charge on any atom is 0.328 e. The van der Waals surface area contributed by atoms with Crippen molar-refractivity contribution >= 4 is 11.9 Å². The van der Waals surface area contributed by atoms with E-state index in [9.17, 15) is 19.8 Å². The number of nitrogens with zero attached hydrogens (tertiary/aromatic N) is 1. The number of β-lactam (4-membered cyclic amide) rings is 1. The zero-order valence-electron chi connectivity index (χ0n) is 9.21. The molecule has 2 heterocycles. The Bertz CT molecular complexity index is 342. The van der Waals surface area contributed by atoms with Crippen LogP contribution in [0.3, 0.4) is 0 Å². The van der Waals surface area contributed by atoms with E-state index in [2.05, 4.69) is 4.74 Å². The number of aliphatic hydroxyl groups is 2. The first-order chi connectivity index (χ1) is 7.44. The molecule has 2 aliphatic heterocycles. The molecule has 90 valence electrons. The average molecular weight is 229 g/mol. The molecule has 0 aromatic heterocycles. The predicted octanol–water partition coefficient (Wildman–Crippen LogP) is -1.36. The Labute approximate surface area is 92.8 Å². The summed E-state index contributed by atoms with van der Waals surface area (Å²) in [7, 11) is 1.26. The number of hydrogen-bond donors (Lipinski definition) is 2. The lowest BCUT2D eigenvalue weighted by Crippen LogP contribution is -2.77. The Morgan fingerprint density at radius 3 is 2.75 bits per heavy atom. The largest absolute Gasteiger partial charge is 0.467 e. The smallest absolute Gasteiger partial charge is 0.328 e. The highest BCUT2D eigenvalue weighted by atomic mass is 16.5. The van der Waals surface area contributed by atoms with Crippen molar-refractivity contribution in [3.63, 3.8) is 0 Å². The summed E-state index contributed by atoms with van der Waals surface area (Å²) in [5, 5.41) is 19.4. The Balaban J connectivity index is 2.19. The topological polar surface area (TPSA) is 87.1 Å². The molecule has 2 saturated heterocycles. The monoisotopic (exact) mass is 229 g/mol. The van der Waals surface area contributed by atoms with Gasteiger partial charge in [-0.25, -0.2) is 4.79 Å². The standard InChI is InChI=1S/C10H15NO5/c1-5(12)10(15)7-4-3-6(8(13)16-2)11(7)9(10)14/h5-7,12,15H,3-4H2,1-2H3/t5?,6-,7+,10+/m0/s1. The summed E-state index contributed by atoms with van der Waals surface area (Å²) in [6.07, 6.45) is -0.150. The van der Waals surface area contributed by atoms with Crippen LogP contribution in [0.15, 0.2) is 0 Å². The minimum Gasteiger partial charge on any atom is -0.467 e. The molecule has 6 heteroatoms. The molecular formula is C10H15NO5. The van der Waals surface area contributed by atoms with Gasteiger partial charge in [0, 0.05) is 0 Å². The summed E-state index contributed by atoms with van der Waals surface area (Å²) < 4.78 is 4.59. The fourth-order valence-corrected chi connectivity index (χ4v) is 2.63. The van der Waals surface area contributed by atoms with Crippen molar-refractivity contribution in [1.29, 1.82) is 0 Å². The lowest BCUT2D eigenvalue weighted by Gasteiger charge is -2.52. The normalized spacial score (nSPS) is 39.0. The highest BCUT2D eigenvalue weighted by Crippen LogP contribution is 2.44. The third kappa shape index (κ3) is 1.14. The highest BCUT2D eigenvalue weighted by Gasteiger charge is 2.67. The van der Waals surface area contributed by atoms with Crippen LogP contribution in [-0.4, -0.2) is 57.9 Å². The van der Waals surface area contributed by atoms with Gasteiger partial charge in [-0.1, -0.05) is 0 Å². The van der Waals surface area contributed by atoms with Crippen LogP contribution < -0.4 is 0 Å². The van der Waals surface area contributed by atoms with Gasteiger partial charge in [0.1, 0.15) is 6.04 Å². The molecule has 0 bridgehead atoms. The molecule has 2 rings (SSSR count). The molecule has 1 unspecified atom stereocenters. The number of esters is 1. The summed E-state index contributed by atoms with van der Waals surface area (Å²) in [6.45, 7) is 1.38. The average Bonchev–Trinajstić information content (AvgIpc) is 2.67. The third-order valence-electron chi connectivity index (χ3n) is 3.58. The Morgan fingerprint density at radius 2 is 2.25 bits per heavy atom. The van der Waals surface area contributed by atoms with Gasteiger partial charge in [0.25, 0.3) is 5.91 Å². The van der Waals surface area contributed by atoms with E-state index in [-0.39, 0.29) is 0 Å². The number of ether oxygens (including phenoxy) is 1. The van der Waals surface area contributed by atoms with E-state index in [1.807, 2.05) is 0 Å². The second kappa shape index (κ2) is 3.43. The summed E-state index contributed by atoms with van der Waals surface area (Å²) >= 11 is 0. The maximum atomic E-state index is 11.7. The molecule has 2 N–H and O–H groups in total. The molecule has 4 atom stereocenters. The van der Waals surface area contributed by atoms with E-state index in [4.69, 9.17) is 0 Å². The lowest BCUT2D eigenvalue weighted by molar-refractivity contribution is -0.211. The molecule has 0 aliphatic carbocycles. The van der Waals surface area contributed by atoms with E-state index in [1.54, 1.807) is 0 Å². The van der Waals surface area contributed by atoms with Crippen LogP contribution in [0.4, 0.5) is 0 Å². The third-order valence-corrected chi connectivity index (χ3v) is 3.58. The van der Waals surface area contributed by atoms with Crippen molar-refractivity contribution in [2.24, 2.45) is 0 Å². The number of methoxy groups -OCH3 is 1. The number of fused-ring (bicyclic) bond motifs is 1. The Kier molecular flexibility index (Phi) is 2.43. The number of rotatable bonds is 2. The van der Waals surface area contributed by atoms with Crippen LogP contribution in [0.5, 0.6) is 0 Å². The number of carbonyl (C=O) groups is 2.